The second-order valence-electron chi connectivity index (χ2n) is 3.71. The molecule has 0 spiro atoms. The van der Waals surface area contributed by atoms with Gasteiger partial charge in [-0.15, -0.1) is 0 Å². The summed E-state index contributed by atoms with van der Waals surface area (Å²) in [5.74, 6) is 0.657. The van der Waals surface area contributed by atoms with E-state index in [4.69, 9.17) is 21.1 Å². The molecule has 8 heteroatoms. The fourth-order valence-corrected chi connectivity index (χ4v) is 2.70. The van der Waals surface area contributed by atoms with Crippen LogP contribution in [-0.2, 0) is 10.0 Å². The number of methoxy groups -OCH3 is 2. The highest BCUT2D eigenvalue weighted by Gasteiger charge is 2.16. The van der Waals surface area contributed by atoms with Gasteiger partial charge in [0.1, 0.15) is 11.5 Å². The van der Waals surface area contributed by atoms with Gasteiger partial charge in [-0.2, -0.15) is 0 Å². The number of ether oxygens (including phenoxy) is 2. The van der Waals surface area contributed by atoms with Gasteiger partial charge in [0.15, 0.2) is 0 Å². The van der Waals surface area contributed by atoms with Gasteiger partial charge in [-0.1, -0.05) is 11.6 Å². The van der Waals surface area contributed by atoms with Crippen molar-refractivity contribution in [3.63, 3.8) is 0 Å². The second-order valence-corrected chi connectivity index (χ2v) is 5.96. The van der Waals surface area contributed by atoms with Crippen LogP contribution in [0.5, 0.6) is 11.5 Å². The van der Waals surface area contributed by atoms with Crippen molar-refractivity contribution < 1.29 is 17.9 Å². The molecule has 0 bridgehead atoms. The van der Waals surface area contributed by atoms with E-state index in [1.54, 1.807) is 7.05 Å². The first-order valence-electron chi connectivity index (χ1n) is 5.50. The first kappa shape index (κ1) is 15.9. The number of sulfonamides is 1. The molecule has 0 aromatic heterocycles. The molecular formula is C11H17ClN2O4S. The summed E-state index contributed by atoms with van der Waals surface area (Å²) in [5.41, 5.74) is 0.292. The lowest BCUT2D eigenvalue weighted by molar-refractivity contribution is 0.405. The van der Waals surface area contributed by atoms with Crippen LogP contribution < -0.4 is 19.5 Å². The van der Waals surface area contributed by atoms with Gasteiger partial charge in [0.25, 0.3) is 0 Å². The van der Waals surface area contributed by atoms with Crippen molar-refractivity contribution in [1.82, 2.24) is 5.32 Å². The predicted octanol–water partition coefficient (Wildman–Crippen LogP) is 1.32. The number of hydrogen-bond donors (Lipinski definition) is 2. The van der Waals surface area contributed by atoms with Gasteiger partial charge in [0.2, 0.25) is 10.0 Å². The van der Waals surface area contributed by atoms with Crippen LogP contribution in [0.3, 0.4) is 0 Å². The Morgan fingerprint density at radius 2 is 1.84 bits per heavy atom. The Bertz CT molecular complexity index is 534. The third kappa shape index (κ3) is 4.45. The van der Waals surface area contributed by atoms with E-state index in [0.717, 1.165) is 0 Å². The summed E-state index contributed by atoms with van der Waals surface area (Å²) >= 11 is 5.94. The number of halogens is 1. The summed E-state index contributed by atoms with van der Waals surface area (Å²) in [6.07, 6.45) is 0. The van der Waals surface area contributed by atoms with E-state index in [2.05, 4.69) is 10.0 Å². The van der Waals surface area contributed by atoms with Crippen LogP contribution in [0, 0.1) is 0 Å². The third-order valence-electron chi connectivity index (χ3n) is 2.36. The molecule has 0 amide bonds. The van der Waals surface area contributed by atoms with Gasteiger partial charge in [0.05, 0.1) is 30.7 Å². The van der Waals surface area contributed by atoms with Crippen molar-refractivity contribution in [3.8, 4) is 11.5 Å². The highest BCUT2D eigenvalue weighted by molar-refractivity contribution is 7.92. The molecule has 0 atom stereocenters. The predicted molar refractivity (Wildman–Crippen MR) is 75.9 cm³/mol. The molecule has 0 radical (unpaired) electrons. The molecule has 0 aliphatic rings. The minimum Gasteiger partial charge on any atom is -0.495 e. The average molecular weight is 309 g/mol. The van der Waals surface area contributed by atoms with Crippen LogP contribution in [0.1, 0.15) is 0 Å². The van der Waals surface area contributed by atoms with Gasteiger partial charge in [-0.25, -0.2) is 8.42 Å². The Morgan fingerprint density at radius 3 is 2.37 bits per heavy atom. The van der Waals surface area contributed by atoms with E-state index < -0.39 is 10.0 Å². The molecular weight excluding hydrogens is 292 g/mol. The van der Waals surface area contributed by atoms with E-state index in [-0.39, 0.29) is 5.75 Å². The Hall–Kier alpha value is -1.18. The molecule has 0 aliphatic carbocycles. The molecule has 2 N–H and O–H groups in total. The maximum Gasteiger partial charge on any atom is 0.234 e. The zero-order valence-corrected chi connectivity index (χ0v) is 12.6. The number of rotatable bonds is 7. The number of nitrogens with one attached hydrogen (secondary N) is 2. The van der Waals surface area contributed by atoms with E-state index in [1.807, 2.05) is 0 Å². The summed E-state index contributed by atoms with van der Waals surface area (Å²) in [7, 11) is 1.11. The summed E-state index contributed by atoms with van der Waals surface area (Å²) in [5, 5.41) is 3.12. The summed E-state index contributed by atoms with van der Waals surface area (Å²) in [4.78, 5) is 0. The number of anilines is 1. The Morgan fingerprint density at radius 1 is 1.21 bits per heavy atom. The fourth-order valence-electron chi connectivity index (χ4n) is 1.40. The Kier molecular flexibility index (Phi) is 5.71. The molecule has 0 aliphatic heterocycles. The van der Waals surface area contributed by atoms with Crippen molar-refractivity contribution >= 4 is 27.3 Å². The lowest BCUT2D eigenvalue weighted by atomic mass is 10.3. The van der Waals surface area contributed by atoms with Gasteiger partial charge in [0, 0.05) is 18.7 Å². The minimum absolute atomic E-state index is 0.0441. The second kappa shape index (κ2) is 6.83. The molecule has 19 heavy (non-hydrogen) atoms. The van der Waals surface area contributed by atoms with E-state index >= 15 is 0 Å². The third-order valence-corrected chi connectivity index (χ3v) is 3.93. The highest BCUT2D eigenvalue weighted by Crippen LogP contribution is 2.36. The van der Waals surface area contributed by atoms with Crippen LogP contribution in [0.2, 0.25) is 5.02 Å². The minimum atomic E-state index is -3.46. The molecule has 1 rings (SSSR count). The van der Waals surface area contributed by atoms with Gasteiger partial charge in [-0.3, -0.25) is 4.72 Å². The normalized spacial score (nSPS) is 11.2. The largest absolute Gasteiger partial charge is 0.495 e. The molecule has 0 heterocycles. The van der Waals surface area contributed by atoms with Crippen molar-refractivity contribution in [2.75, 3.05) is 38.3 Å². The lowest BCUT2D eigenvalue weighted by Gasteiger charge is -2.14. The quantitative estimate of drug-likeness (QED) is 0.794. The van der Waals surface area contributed by atoms with Gasteiger partial charge >= 0.3 is 0 Å². The maximum absolute atomic E-state index is 11.8. The van der Waals surface area contributed by atoms with Crippen LogP contribution >= 0.6 is 11.6 Å². The van der Waals surface area contributed by atoms with E-state index in [9.17, 15) is 8.42 Å². The van der Waals surface area contributed by atoms with Crippen LogP contribution in [-0.4, -0.2) is 42.0 Å². The standard InChI is InChI=1S/C11H17ClN2O4S/c1-13-4-5-19(15,16)14-9-7-10(17-2)8(12)6-11(9)18-3/h6-7,13-14H,4-5H2,1-3H3. The van der Waals surface area contributed by atoms with Crippen LogP contribution in [0.25, 0.3) is 0 Å². The average Bonchev–Trinajstić information content (AvgIpc) is 2.37. The molecule has 6 nitrogen and oxygen atoms in total. The summed E-state index contributed by atoms with van der Waals surface area (Å²) in [6.45, 7) is 0.350. The zero-order chi connectivity index (χ0) is 14.5. The first-order valence-corrected chi connectivity index (χ1v) is 7.53. The monoisotopic (exact) mass is 308 g/mol. The fraction of sp³-hybridized carbons (Fsp3) is 0.455. The maximum atomic E-state index is 11.8. The SMILES string of the molecule is CNCCS(=O)(=O)Nc1cc(OC)c(Cl)cc1OC. The van der Waals surface area contributed by atoms with E-state index in [1.165, 1.54) is 26.4 Å². The first-order chi connectivity index (χ1) is 8.93. The van der Waals surface area contributed by atoms with Crippen LogP contribution in [0.4, 0.5) is 5.69 Å². The summed E-state index contributed by atoms with van der Waals surface area (Å²) in [6, 6.07) is 2.98. The number of benzene rings is 1. The highest BCUT2D eigenvalue weighted by atomic mass is 35.5. The number of hydrogen-bond acceptors (Lipinski definition) is 5. The summed E-state index contributed by atoms with van der Waals surface area (Å²) < 4.78 is 36.2. The van der Waals surface area contributed by atoms with Gasteiger partial charge < -0.3 is 14.8 Å². The molecule has 1 aromatic carbocycles. The molecule has 0 saturated heterocycles. The van der Waals surface area contributed by atoms with Crippen LogP contribution in [0.15, 0.2) is 12.1 Å². The topological polar surface area (TPSA) is 76.7 Å². The Labute approximate surface area is 118 Å². The van der Waals surface area contributed by atoms with Crippen molar-refractivity contribution in [2.45, 2.75) is 0 Å². The molecule has 0 fully saturated rings. The molecule has 1 aromatic rings. The Balaban J connectivity index is 3.05. The van der Waals surface area contributed by atoms with Crippen molar-refractivity contribution in [2.24, 2.45) is 0 Å². The van der Waals surface area contributed by atoms with Crippen molar-refractivity contribution in [3.05, 3.63) is 17.2 Å². The van der Waals surface area contributed by atoms with Gasteiger partial charge in [-0.05, 0) is 7.05 Å². The van der Waals surface area contributed by atoms with Crippen molar-refractivity contribution in [1.29, 1.82) is 0 Å². The lowest BCUT2D eigenvalue weighted by Crippen LogP contribution is -2.24. The zero-order valence-electron chi connectivity index (χ0n) is 11.0. The molecule has 0 unspecified atom stereocenters. The smallest absolute Gasteiger partial charge is 0.234 e. The molecule has 0 saturated carbocycles. The molecule has 108 valence electrons. The van der Waals surface area contributed by atoms with E-state index in [0.29, 0.717) is 28.8 Å².